The highest BCUT2D eigenvalue weighted by molar-refractivity contribution is 5.94. The van der Waals surface area contributed by atoms with Gasteiger partial charge in [-0.05, 0) is 445 Å². The zero-order chi connectivity index (χ0) is 109. The Hall–Kier alpha value is -9.78. The van der Waals surface area contributed by atoms with Crippen LogP contribution < -0.4 is 45.9 Å². The summed E-state index contributed by atoms with van der Waals surface area (Å²) < 4.78 is 39.1. The van der Waals surface area contributed by atoms with Gasteiger partial charge in [-0.1, -0.05) is 199 Å². The van der Waals surface area contributed by atoms with Crippen molar-refractivity contribution in [3.8, 4) is 0 Å². The van der Waals surface area contributed by atoms with Gasteiger partial charge in [0.15, 0.2) is 0 Å². The number of nitrogens with two attached hydrogens (primary N) is 8. The molecule has 0 saturated heterocycles. The van der Waals surface area contributed by atoms with Crippen molar-refractivity contribution < 1.29 is 52.0 Å². The van der Waals surface area contributed by atoms with Crippen molar-refractivity contribution in [2.75, 3.05) is 53.0 Å². The molecule has 18 nitrogen and oxygen atoms in total. The van der Waals surface area contributed by atoms with E-state index in [-0.39, 0.29) is 76.1 Å². The van der Waals surface area contributed by atoms with Gasteiger partial charge >= 0.3 is 29.8 Å². The summed E-state index contributed by atoms with van der Waals surface area (Å²) in [7, 11) is 0.500. The standard InChI is InChI=1S/C37H58N2O2.C37H56N2O2.C35H50N2O2.C20H22N2O4.CH3F/c2*1-23(2)10-9-11-24(3)28-14-18-37(8)30-12-13-31-34(4,5)32(41-33(40)25-20-26(38)22-27(39)21-25)16-17-35(31,6)29(30)15-19-36(28,37)7;1-21(2)8-7-9-22(3)30-13-15-35(6)31-11-10-24-19-28(39-33(38)25-17-26(36)20-27(37)18-25)16-23(4)32(24)29(31)12-14-34(30,35)5;21-15-10-14(11-16(22)12-15)20(24)26-18-8-6-17(7-9-18)25-19(23)13-4-2-1-3-5-13;1-2/h10,20-22,24,28-32H,9,11-19,38-39H2,1-8H3;10,13,20-22,24,28-30,32H,9,11-12,14-19,38-39H2,1-8H3;8,10-11,17-18,20,22-23,28-30,32H,7,9,12-16,19,36-37H2,1-6H3;1-5,10-12,17-18H,6-9,21-22H2;1H3. The molecule has 25 unspecified atom stereocenters. The number of ether oxygens (including phenoxy) is 5. The largest absolute Gasteiger partial charge is 0.459 e. The van der Waals surface area contributed by atoms with Crippen molar-refractivity contribution >= 4 is 75.3 Å². The second-order valence-corrected chi connectivity index (χ2v) is 52.8. The third kappa shape index (κ3) is 23.2. The molecule has 11 saturated carbocycles. The van der Waals surface area contributed by atoms with E-state index >= 15 is 0 Å². The Labute approximate surface area is 894 Å². The summed E-state index contributed by atoms with van der Waals surface area (Å²) in [5.41, 5.74) is 64.7. The summed E-state index contributed by atoms with van der Waals surface area (Å²) in [5, 5.41) is 0. The molecule has 18 rings (SSSR count). The number of carbonyl (C=O) groups excluding carboxylic acids is 5. The first-order chi connectivity index (χ1) is 70.2. The van der Waals surface area contributed by atoms with E-state index in [1.807, 2.05) is 6.07 Å². The summed E-state index contributed by atoms with van der Waals surface area (Å²) in [6.07, 6.45) is 50.1. The third-order valence-corrected chi connectivity index (χ3v) is 42.8. The zero-order valence-corrected chi connectivity index (χ0v) is 95.2. The molecule has 16 N–H and O–H groups in total. The molecule has 19 heteroatoms. The van der Waals surface area contributed by atoms with Gasteiger partial charge in [0.25, 0.3) is 0 Å². The fourth-order valence-corrected chi connectivity index (χ4v) is 34.7. The second kappa shape index (κ2) is 45.9. The molecule has 0 spiro atoms. The van der Waals surface area contributed by atoms with Crippen molar-refractivity contribution in [3.05, 3.63) is 201 Å². The van der Waals surface area contributed by atoms with Crippen LogP contribution in [0, 0.1) is 137 Å². The second-order valence-electron chi connectivity index (χ2n) is 52.8. The zero-order valence-electron chi connectivity index (χ0n) is 95.2. The van der Waals surface area contributed by atoms with Gasteiger partial charge in [0.1, 0.15) is 30.5 Å². The number of hydrogen-bond acceptors (Lipinski definition) is 18. The van der Waals surface area contributed by atoms with Gasteiger partial charge in [-0.2, -0.15) is 0 Å². The molecule has 13 aliphatic carbocycles. The molecular weight excluding hydrogens is 1850 g/mol. The van der Waals surface area contributed by atoms with Crippen molar-refractivity contribution in [1.82, 2.24) is 0 Å². The van der Waals surface area contributed by atoms with Crippen LogP contribution >= 0.6 is 0 Å². The molecule has 25 atom stereocenters. The summed E-state index contributed by atoms with van der Waals surface area (Å²) in [4.78, 5) is 63.7. The Morgan fingerprint density at radius 1 is 0.383 bits per heavy atom. The summed E-state index contributed by atoms with van der Waals surface area (Å²) in [6, 6.07) is 28.6. The summed E-state index contributed by atoms with van der Waals surface area (Å²) in [6.45, 7) is 53.8. The molecule has 5 aromatic carbocycles. The summed E-state index contributed by atoms with van der Waals surface area (Å²) in [5.74, 6) is 8.34. The van der Waals surface area contributed by atoms with E-state index in [2.05, 4.69) is 189 Å². The highest BCUT2D eigenvalue weighted by Gasteiger charge is 2.70. The number of alkyl halides is 1. The van der Waals surface area contributed by atoms with E-state index in [0.29, 0.717) is 168 Å². The smallest absolute Gasteiger partial charge is 0.338 e. The average Bonchev–Trinajstić information content (AvgIpc) is 1.62. The predicted molar refractivity (Wildman–Crippen MR) is 610 cm³/mol. The molecule has 0 radical (unpaired) electrons. The van der Waals surface area contributed by atoms with E-state index in [9.17, 15) is 28.4 Å². The van der Waals surface area contributed by atoms with Crippen molar-refractivity contribution in [1.29, 1.82) is 0 Å². The fraction of sp³-hybridized carbons (Fsp3) is 0.638. The molecule has 0 bridgehead atoms. The first-order valence-electron chi connectivity index (χ1n) is 57.3. The Morgan fingerprint density at radius 3 is 1.21 bits per heavy atom. The van der Waals surface area contributed by atoms with Crippen LogP contribution in [0.3, 0.4) is 0 Å². The van der Waals surface area contributed by atoms with Gasteiger partial charge in [0.2, 0.25) is 0 Å². The number of fused-ring (bicyclic) bond motifs is 15. The van der Waals surface area contributed by atoms with Gasteiger partial charge < -0.3 is 69.6 Å². The van der Waals surface area contributed by atoms with Crippen LogP contribution in [0.25, 0.3) is 0 Å². The molecule has 0 heterocycles. The number of esters is 5. The number of benzene rings is 5. The molecule has 0 aliphatic heterocycles. The summed E-state index contributed by atoms with van der Waals surface area (Å²) >= 11 is 0. The lowest BCUT2D eigenvalue weighted by Gasteiger charge is -2.67. The molecule has 0 aromatic heterocycles. The van der Waals surface area contributed by atoms with Gasteiger partial charge in [-0.25, -0.2) is 24.0 Å². The molecule has 149 heavy (non-hydrogen) atoms. The van der Waals surface area contributed by atoms with Crippen LogP contribution in [0.4, 0.5) is 49.9 Å². The molecule has 13 aliphatic rings. The number of carbonyl (C=O) groups is 5. The fourth-order valence-electron chi connectivity index (χ4n) is 34.7. The average molecular weight is 2040 g/mol. The quantitative estimate of drug-likeness (QED) is 0.0138. The lowest BCUT2D eigenvalue weighted by molar-refractivity contribution is -0.200. The minimum atomic E-state index is -0.436. The van der Waals surface area contributed by atoms with Crippen molar-refractivity contribution in [2.45, 2.75) is 382 Å². The molecule has 0 amide bonds. The van der Waals surface area contributed by atoms with E-state index in [1.54, 1.807) is 103 Å². The number of allylic oxidation sites excluding steroid dienone is 10. The third-order valence-electron chi connectivity index (χ3n) is 42.8. The Balaban J connectivity index is 0.000000158. The van der Waals surface area contributed by atoms with Crippen LogP contribution in [0.5, 0.6) is 0 Å². The Kier molecular flexibility index (Phi) is 35.3. The normalized spacial score (nSPS) is 34.4. The number of hydrogen-bond donors (Lipinski definition) is 8. The Morgan fingerprint density at radius 2 is 0.765 bits per heavy atom. The van der Waals surface area contributed by atoms with Crippen LogP contribution in [-0.4, -0.2) is 67.5 Å². The van der Waals surface area contributed by atoms with E-state index in [1.165, 1.54) is 156 Å². The monoisotopic (exact) mass is 2040 g/mol. The molecular formula is C130H189FN8O10. The van der Waals surface area contributed by atoms with E-state index in [4.69, 9.17) is 69.6 Å². The van der Waals surface area contributed by atoms with Crippen LogP contribution in [0.2, 0.25) is 0 Å². The Bertz CT molecular complexity index is 5730. The minimum Gasteiger partial charge on any atom is -0.459 e. The van der Waals surface area contributed by atoms with Gasteiger partial charge in [0, 0.05) is 62.7 Å². The van der Waals surface area contributed by atoms with Gasteiger partial charge in [-0.15, -0.1) is 0 Å². The van der Waals surface area contributed by atoms with E-state index in [0.717, 1.165) is 98.2 Å². The minimum absolute atomic E-state index is 0.0706. The maximum Gasteiger partial charge on any atom is 0.338 e. The maximum atomic E-state index is 13.2. The lowest BCUT2D eigenvalue weighted by Crippen LogP contribution is -2.62. The SMILES string of the molecule is CC(C)=CCCC(C)C1CCC2(C)C3=CC=C4CC(OC(=O)c5cc(N)cc(N)c5)CC(C)C4C3CCC12C.CC(C)=CCCC(C)C1CCC2(C)C3CC=C4C(C)(C)C(OC(=O)c5cc(N)cc(N)c5)CCC4(C)C3CCC12C.CC(C)=CCCC(C)C1CCC2(C)C3CCC4C(C)(C)C(OC(=O)c5cc(N)cc(N)c5)CCC4(C)C3CCC12C.CF.Nc1cc(N)cc(C(=O)OC2CCC(OC(=O)c3ccccc3)CC2)c1. The van der Waals surface area contributed by atoms with Crippen LogP contribution in [0.15, 0.2) is 173 Å². The predicted octanol–water partition coefficient (Wildman–Crippen LogP) is 31.1. The molecule has 11 fully saturated rings. The van der Waals surface area contributed by atoms with Gasteiger partial charge in [0.05, 0.1) is 35.0 Å². The molecule has 5 aromatic rings. The lowest BCUT2D eigenvalue weighted by atomic mass is 9.38. The van der Waals surface area contributed by atoms with Crippen LogP contribution in [0.1, 0.15) is 403 Å². The first kappa shape index (κ1) is 115. The van der Waals surface area contributed by atoms with Gasteiger partial charge in [-0.3, -0.25) is 4.39 Å². The van der Waals surface area contributed by atoms with E-state index < -0.39 is 5.97 Å². The number of anilines is 8. The maximum absolute atomic E-state index is 13.2. The number of halogens is 1. The first-order valence-corrected chi connectivity index (χ1v) is 57.3. The highest BCUT2D eigenvalue weighted by Crippen LogP contribution is 2.78. The van der Waals surface area contributed by atoms with Crippen molar-refractivity contribution in [3.63, 3.8) is 0 Å². The van der Waals surface area contributed by atoms with Crippen LogP contribution in [-0.2, 0) is 23.7 Å². The molecule has 816 valence electrons. The number of rotatable bonds is 22. The topological polar surface area (TPSA) is 340 Å². The van der Waals surface area contributed by atoms with Crippen molar-refractivity contribution in [2.24, 2.45) is 137 Å². The highest BCUT2D eigenvalue weighted by atomic mass is 19.1. The number of nitrogen functional groups attached to an aromatic ring is 8.